The zero-order valence-corrected chi connectivity index (χ0v) is 10.5. The molecule has 1 nitrogen and oxygen atoms in total. The van der Waals surface area contributed by atoms with Crippen LogP contribution in [-0.2, 0) is 6.42 Å². The lowest BCUT2D eigenvalue weighted by Crippen LogP contribution is -1.97. The summed E-state index contributed by atoms with van der Waals surface area (Å²) in [5, 5.41) is 0.0774. The van der Waals surface area contributed by atoms with Gasteiger partial charge < -0.3 is 4.74 Å². The molecular formula is C14H11ClF2O. The fourth-order valence-electron chi connectivity index (χ4n) is 1.75. The van der Waals surface area contributed by atoms with E-state index in [1.807, 2.05) is 0 Å². The molecule has 0 bridgehead atoms. The zero-order valence-electron chi connectivity index (χ0n) is 9.71. The van der Waals surface area contributed by atoms with Crippen molar-refractivity contribution in [1.29, 1.82) is 0 Å². The van der Waals surface area contributed by atoms with Gasteiger partial charge in [0.25, 0.3) is 0 Å². The maximum Gasteiger partial charge on any atom is 0.145 e. The third kappa shape index (κ3) is 2.62. The SMILES string of the molecule is COc1cc(F)ccc1Cc1cccc(Cl)c1F. The van der Waals surface area contributed by atoms with Crippen molar-refractivity contribution >= 4 is 11.6 Å². The van der Waals surface area contributed by atoms with Crippen molar-refractivity contribution in [3.05, 3.63) is 64.2 Å². The number of ether oxygens (including phenoxy) is 1. The van der Waals surface area contributed by atoms with Crippen molar-refractivity contribution in [2.45, 2.75) is 6.42 Å². The normalized spacial score (nSPS) is 10.4. The summed E-state index contributed by atoms with van der Waals surface area (Å²) in [6.45, 7) is 0. The van der Waals surface area contributed by atoms with E-state index >= 15 is 0 Å². The molecule has 0 amide bonds. The number of benzene rings is 2. The lowest BCUT2D eigenvalue weighted by molar-refractivity contribution is 0.407. The van der Waals surface area contributed by atoms with Gasteiger partial charge in [-0.15, -0.1) is 0 Å². The van der Waals surface area contributed by atoms with Crippen molar-refractivity contribution in [1.82, 2.24) is 0 Å². The Labute approximate surface area is 109 Å². The van der Waals surface area contributed by atoms with E-state index in [9.17, 15) is 8.78 Å². The smallest absolute Gasteiger partial charge is 0.145 e. The highest BCUT2D eigenvalue weighted by atomic mass is 35.5. The second kappa shape index (κ2) is 5.36. The van der Waals surface area contributed by atoms with Crippen molar-refractivity contribution in [2.75, 3.05) is 7.11 Å². The zero-order chi connectivity index (χ0) is 13.1. The Morgan fingerprint density at radius 1 is 1.11 bits per heavy atom. The Morgan fingerprint density at radius 3 is 2.61 bits per heavy atom. The van der Waals surface area contributed by atoms with E-state index in [0.29, 0.717) is 23.3 Å². The van der Waals surface area contributed by atoms with Crippen molar-refractivity contribution < 1.29 is 13.5 Å². The van der Waals surface area contributed by atoms with Gasteiger partial charge in [0.2, 0.25) is 0 Å². The van der Waals surface area contributed by atoms with Crippen LogP contribution in [-0.4, -0.2) is 7.11 Å². The largest absolute Gasteiger partial charge is 0.496 e. The summed E-state index contributed by atoms with van der Waals surface area (Å²) in [7, 11) is 1.45. The third-order valence-electron chi connectivity index (χ3n) is 2.66. The highest BCUT2D eigenvalue weighted by molar-refractivity contribution is 6.30. The van der Waals surface area contributed by atoms with Crippen molar-refractivity contribution in [3.63, 3.8) is 0 Å². The topological polar surface area (TPSA) is 9.23 Å². The maximum atomic E-state index is 13.8. The molecule has 0 atom stereocenters. The van der Waals surface area contributed by atoms with E-state index in [-0.39, 0.29) is 10.8 Å². The Balaban J connectivity index is 2.37. The van der Waals surface area contributed by atoms with Gasteiger partial charge in [-0.3, -0.25) is 0 Å². The second-order valence-corrected chi connectivity index (χ2v) is 4.25. The molecule has 0 fully saturated rings. The van der Waals surface area contributed by atoms with Crippen LogP contribution in [0.1, 0.15) is 11.1 Å². The predicted octanol–water partition coefficient (Wildman–Crippen LogP) is 4.22. The van der Waals surface area contributed by atoms with Gasteiger partial charge in [-0.25, -0.2) is 8.78 Å². The van der Waals surface area contributed by atoms with Gasteiger partial charge in [0, 0.05) is 12.5 Å². The van der Waals surface area contributed by atoms with Gasteiger partial charge in [0.05, 0.1) is 12.1 Å². The third-order valence-corrected chi connectivity index (χ3v) is 2.95. The molecule has 0 saturated heterocycles. The molecule has 18 heavy (non-hydrogen) atoms. The predicted molar refractivity (Wildman–Crippen MR) is 67.2 cm³/mol. The molecule has 4 heteroatoms. The van der Waals surface area contributed by atoms with Crippen LogP contribution < -0.4 is 4.74 Å². The summed E-state index contributed by atoms with van der Waals surface area (Å²) < 4.78 is 31.9. The molecule has 0 spiro atoms. The number of hydrogen-bond donors (Lipinski definition) is 0. The highest BCUT2D eigenvalue weighted by Crippen LogP contribution is 2.25. The average molecular weight is 269 g/mol. The quantitative estimate of drug-likeness (QED) is 0.810. The first-order chi connectivity index (χ1) is 8.61. The Kier molecular flexibility index (Phi) is 3.82. The molecule has 0 aliphatic heterocycles. The monoisotopic (exact) mass is 268 g/mol. The van der Waals surface area contributed by atoms with Crippen LogP contribution in [0.2, 0.25) is 5.02 Å². The molecule has 0 heterocycles. The molecule has 2 aromatic rings. The molecular weight excluding hydrogens is 258 g/mol. The molecule has 2 rings (SSSR count). The summed E-state index contributed by atoms with van der Waals surface area (Å²) in [4.78, 5) is 0. The van der Waals surface area contributed by atoms with Crippen LogP contribution in [0.5, 0.6) is 5.75 Å². The first-order valence-electron chi connectivity index (χ1n) is 5.37. The Morgan fingerprint density at radius 2 is 1.89 bits per heavy atom. The first-order valence-corrected chi connectivity index (χ1v) is 5.75. The lowest BCUT2D eigenvalue weighted by atomic mass is 10.0. The van der Waals surface area contributed by atoms with Crippen LogP contribution >= 0.6 is 11.6 Å². The van der Waals surface area contributed by atoms with Crippen LogP contribution in [0.3, 0.4) is 0 Å². The van der Waals surface area contributed by atoms with Gasteiger partial charge in [-0.05, 0) is 23.3 Å². The summed E-state index contributed by atoms with van der Waals surface area (Å²) >= 11 is 5.71. The van der Waals surface area contributed by atoms with Crippen LogP contribution in [0.25, 0.3) is 0 Å². The van der Waals surface area contributed by atoms with Crippen molar-refractivity contribution in [3.8, 4) is 5.75 Å². The van der Waals surface area contributed by atoms with Crippen LogP contribution in [0, 0.1) is 11.6 Å². The summed E-state index contributed by atoms with van der Waals surface area (Å²) in [5.41, 5.74) is 1.16. The fourth-order valence-corrected chi connectivity index (χ4v) is 1.95. The standard InChI is InChI=1S/C14H11ClF2O/c1-18-13-8-11(16)6-5-9(13)7-10-3-2-4-12(15)14(10)17/h2-6,8H,7H2,1H3. The maximum absolute atomic E-state index is 13.8. The van der Waals surface area contributed by atoms with Crippen LogP contribution in [0.15, 0.2) is 36.4 Å². The average Bonchev–Trinajstić information content (AvgIpc) is 2.37. The molecule has 0 radical (unpaired) electrons. The minimum atomic E-state index is -0.453. The second-order valence-electron chi connectivity index (χ2n) is 3.85. The lowest BCUT2D eigenvalue weighted by Gasteiger charge is -2.09. The summed E-state index contributed by atoms with van der Waals surface area (Å²) in [6, 6.07) is 8.98. The summed E-state index contributed by atoms with van der Waals surface area (Å²) in [5.74, 6) is -0.443. The minimum absolute atomic E-state index is 0.0774. The van der Waals surface area contributed by atoms with E-state index in [2.05, 4.69) is 0 Å². The van der Waals surface area contributed by atoms with Gasteiger partial charge in [-0.1, -0.05) is 29.8 Å². The minimum Gasteiger partial charge on any atom is -0.496 e. The number of hydrogen-bond acceptors (Lipinski definition) is 1. The van der Waals surface area contributed by atoms with E-state index < -0.39 is 5.82 Å². The molecule has 0 unspecified atom stereocenters. The number of rotatable bonds is 3. The molecule has 2 aromatic carbocycles. The Bertz CT molecular complexity index is 570. The van der Waals surface area contributed by atoms with Gasteiger partial charge >= 0.3 is 0 Å². The molecule has 0 aliphatic carbocycles. The van der Waals surface area contributed by atoms with E-state index in [1.165, 1.54) is 25.3 Å². The summed E-state index contributed by atoms with van der Waals surface area (Å²) in [6.07, 6.45) is 0.301. The van der Waals surface area contributed by atoms with Gasteiger partial charge in [0.15, 0.2) is 0 Å². The van der Waals surface area contributed by atoms with Crippen molar-refractivity contribution in [2.24, 2.45) is 0 Å². The number of methoxy groups -OCH3 is 1. The Hall–Kier alpha value is -1.61. The van der Waals surface area contributed by atoms with E-state index in [0.717, 1.165) is 0 Å². The first kappa shape index (κ1) is 12.8. The van der Waals surface area contributed by atoms with Crippen LogP contribution in [0.4, 0.5) is 8.78 Å². The molecule has 0 N–H and O–H groups in total. The highest BCUT2D eigenvalue weighted by Gasteiger charge is 2.10. The molecule has 0 aromatic heterocycles. The van der Waals surface area contributed by atoms with Gasteiger partial charge in [0.1, 0.15) is 17.4 Å². The fraction of sp³-hybridized carbons (Fsp3) is 0.143. The molecule has 0 saturated carbocycles. The van der Waals surface area contributed by atoms with E-state index in [1.54, 1.807) is 18.2 Å². The molecule has 94 valence electrons. The number of halogens is 3. The van der Waals surface area contributed by atoms with Gasteiger partial charge in [-0.2, -0.15) is 0 Å². The van der Waals surface area contributed by atoms with E-state index in [4.69, 9.17) is 16.3 Å². The molecule has 0 aliphatic rings.